The predicted molar refractivity (Wildman–Crippen MR) is 108 cm³/mol. The van der Waals surface area contributed by atoms with Crippen molar-refractivity contribution in [2.45, 2.75) is 39.5 Å². The van der Waals surface area contributed by atoms with E-state index >= 15 is 0 Å². The van der Waals surface area contributed by atoms with Crippen LogP contribution in [0.25, 0.3) is 0 Å². The van der Waals surface area contributed by atoms with Crippen molar-refractivity contribution in [3.05, 3.63) is 59.2 Å². The lowest BCUT2D eigenvalue weighted by molar-refractivity contribution is -0.135. The fourth-order valence-corrected chi connectivity index (χ4v) is 2.80. The van der Waals surface area contributed by atoms with Gasteiger partial charge in [-0.05, 0) is 56.2 Å². The minimum Gasteiger partial charge on any atom is -0.490 e. The first-order chi connectivity index (χ1) is 13.7. The van der Waals surface area contributed by atoms with Crippen LogP contribution < -0.4 is 14.8 Å². The largest absolute Gasteiger partial charge is 0.490 e. The Morgan fingerprint density at radius 2 is 1.79 bits per heavy atom. The van der Waals surface area contributed by atoms with Crippen LogP contribution in [0.2, 0.25) is 0 Å². The number of hydrogen-bond donors (Lipinski definition) is 1. The SMILES string of the molecule is CCOc1cc(CN[C@H](C)c2ccc(F)c(F)c2)ccc1O[C@@H](C)C(=O)N(C)C. The van der Waals surface area contributed by atoms with Crippen molar-refractivity contribution in [3.63, 3.8) is 0 Å². The molecule has 0 saturated carbocycles. The molecule has 0 fully saturated rings. The summed E-state index contributed by atoms with van der Waals surface area (Å²) in [6.45, 7) is 6.38. The van der Waals surface area contributed by atoms with E-state index in [0.29, 0.717) is 30.2 Å². The van der Waals surface area contributed by atoms with Crippen molar-refractivity contribution >= 4 is 5.91 Å². The third-order valence-corrected chi connectivity index (χ3v) is 4.46. The van der Waals surface area contributed by atoms with Crippen molar-refractivity contribution < 1.29 is 23.0 Å². The van der Waals surface area contributed by atoms with Crippen LogP contribution in [0.15, 0.2) is 36.4 Å². The zero-order valence-electron chi connectivity index (χ0n) is 17.5. The van der Waals surface area contributed by atoms with Crippen LogP contribution in [-0.4, -0.2) is 37.6 Å². The van der Waals surface area contributed by atoms with E-state index in [1.165, 1.54) is 11.0 Å². The molecule has 0 aliphatic heterocycles. The number of likely N-dealkylation sites (N-methyl/N-ethyl adjacent to an activating group) is 1. The lowest BCUT2D eigenvalue weighted by Crippen LogP contribution is -2.35. The van der Waals surface area contributed by atoms with Gasteiger partial charge in [-0.2, -0.15) is 0 Å². The molecule has 7 heteroatoms. The maximum Gasteiger partial charge on any atom is 0.262 e. The first-order valence-electron chi connectivity index (χ1n) is 9.54. The van der Waals surface area contributed by atoms with Gasteiger partial charge < -0.3 is 19.7 Å². The number of ether oxygens (including phenoxy) is 2. The Morgan fingerprint density at radius 1 is 1.07 bits per heavy atom. The molecule has 2 aromatic rings. The van der Waals surface area contributed by atoms with Crippen LogP contribution in [0.3, 0.4) is 0 Å². The van der Waals surface area contributed by atoms with Crippen molar-refractivity contribution in [3.8, 4) is 11.5 Å². The van der Waals surface area contributed by atoms with Gasteiger partial charge in [-0.25, -0.2) is 8.78 Å². The Bertz CT molecular complexity index is 843. The zero-order valence-corrected chi connectivity index (χ0v) is 17.5. The number of benzene rings is 2. The highest BCUT2D eigenvalue weighted by Gasteiger charge is 2.19. The molecule has 1 N–H and O–H groups in total. The van der Waals surface area contributed by atoms with E-state index in [1.807, 2.05) is 26.0 Å². The van der Waals surface area contributed by atoms with Gasteiger partial charge in [0.05, 0.1) is 6.61 Å². The third kappa shape index (κ3) is 6.15. The molecule has 29 heavy (non-hydrogen) atoms. The first-order valence-corrected chi connectivity index (χ1v) is 9.54. The van der Waals surface area contributed by atoms with Crippen molar-refractivity contribution in [2.24, 2.45) is 0 Å². The van der Waals surface area contributed by atoms with Gasteiger partial charge in [0.1, 0.15) is 0 Å². The molecular weight excluding hydrogens is 378 g/mol. The maximum absolute atomic E-state index is 13.4. The van der Waals surface area contributed by atoms with Crippen LogP contribution in [0.5, 0.6) is 11.5 Å². The standard InChI is InChI=1S/C22H28F2N2O3/c1-6-28-21-11-16(7-10-20(21)29-15(3)22(27)26(4)5)13-25-14(2)17-8-9-18(23)19(24)12-17/h7-12,14-15,25H,6,13H2,1-5H3/t14-,15+/m1/s1. The number of rotatable bonds is 9. The van der Waals surface area contributed by atoms with Gasteiger partial charge in [0, 0.05) is 26.7 Å². The summed E-state index contributed by atoms with van der Waals surface area (Å²) in [6.07, 6.45) is -0.637. The number of amides is 1. The van der Waals surface area contributed by atoms with Gasteiger partial charge in [0.25, 0.3) is 5.91 Å². The Labute approximate surface area is 170 Å². The smallest absolute Gasteiger partial charge is 0.262 e. The summed E-state index contributed by atoms with van der Waals surface area (Å²) in [4.78, 5) is 13.5. The quantitative estimate of drug-likeness (QED) is 0.682. The van der Waals surface area contributed by atoms with Crippen molar-refractivity contribution in [1.82, 2.24) is 10.2 Å². The lowest BCUT2D eigenvalue weighted by Gasteiger charge is -2.21. The Balaban J connectivity index is 2.08. The van der Waals surface area contributed by atoms with Crippen LogP contribution >= 0.6 is 0 Å². The second-order valence-corrected chi connectivity index (χ2v) is 6.98. The highest BCUT2D eigenvalue weighted by Crippen LogP contribution is 2.30. The summed E-state index contributed by atoms with van der Waals surface area (Å²) in [5, 5.41) is 3.28. The zero-order chi connectivity index (χ0) is 21.6. The Hall–Kier alpha value is -2.67. The summed E-state index contributed by atoms with van der Waals surface area (Å²) in [5.74, 6) is -0.825. The van der Waals surface area contributed by atoms with Gasteiger partial charge in [0.15, 0.2) is 29.2 Å². The molecule has 0 heterocycles. The average Bonchev–Trinajstić information content (AvgIpc) is 2.69. The molecule has 158 valence electrons. The summed E-state index contributed by atoms with van der Waals surface area (Å²) < 4.78 is 38.0. The van der Waals surface area contributed by atoms with E-state index in [-0.39, 0.29) is 11.9 Å². The molecule has 1 amide bonds. The van der Waals surface area contributed by atoms with E-state index < -0.39 is 17.7 Å². The fourth-order valence-electron chi connectivity index (χ4n) is 2.80. The Kier molecular flexibility index (Phi) is 7.96. The first kappa shape index (κ1) is 22.6. The molecule has 5 nitrogen and oxygen atoms in total. The highest BCUT2D eigenvalue weighted by atomic mass is 19.2. The number of hydrogen-bond acceptors (Lipinski definition) is 4. The molecule has 2 rings (SSSR count). The second kappa shape index (κ2) is 10.2. The topological polar surface area (TPSA) is 50.8 Å². The highest BCUT2D eigenvalue weighted by molar-refractivity contribution is 5.80. The van der Waals surface area contributed by atoms with Crippen LogP contribution in [0.4, 0.5) is 8.78 Å². The number of nitrogens with zero attached hydrogens (tertiary/aromatic N) is 1. The molecular formula is C22H28F2N2O3. The monoisotopic (exact) mass is 406 g/mol. The van der Waals surface area contributed by atoms with Gasteiger partial charge >= 0.3 is 0 Å². The molecule has 0 spiro atoms. The van der Waals surface area contributed by atoms with E-state index in [1.54, 1.807) is 33.2 Å². The molecule has 2 aromatic carbocycles. The Morgan fingerprint density at radius 3 is 2.41 bits per heavy atom. The van der Waals surface area contributed by atoms with Gasteiger partial charge in [-0.1, -0.05) is 12.1 Å². The third-order valence-electron chi connectivity index (χ3n) is 4.46. The number of carbonyl (C=O) groups excluding carboxylic acids is 1. The summed E-state index contributed by atoms with van der Waals surface area (Å²) >= 11 is 0. The van der Waals surface area contributed by atoms with Crippen LogP contribution in [-0.2, 0) is 11.3 Å². The number of nitrogens with one attached hydrogen (secondary N) is 1. The molecule has 0 aromatic heterocycles. The van der Waals surface area contributed by atoms with Gasteiger partial charge in [-0.3, -0.25) is 4.79 Å². The lowest BCUT2D eigenvalue weighted by atomic mass is 10.1. The minimum absolute atomic E-state index is 0.140. The van der Waals surface area contributed by atoms with Crippen molar-refractivity contribution in [1.29, 1.82) is 0 Å². The summed E-state index contributed by atoms with van der Waals surface area (Å²) in [6, 6.07) is 9.18. The molecule has 0 unspecified atom stereocenters. The van der Waals surface area contributed by atoms with Gasteiger partial charge in [-0.15, -0.1) is 0 Å². The van der Waals surface area contributed by atoms with E-state index in [9.17, 15) is 13.6 Å². The molecule has 0 aliphatic rings. The molecule has 2 atom stereocenters. The normalized spacial score (nSPS) is 12.9. The van der Waals surface area contributed by atoms with Crippen LogP contribution in [0.1, 0.15) is 37.9 Å². The van der Waals surface area contributed by atoms with E-state index in [0.717, 1.165) is 11.6 Å². The fraction of sp³-hybridized carbons (Fsp3) is 0.409. The predicted octanol–water partition coefficient (Wildman–Crippen LogP) is 4.07. The number of halogens is 2. The van der Waals surface area contributed by atoms with Crippen molar-refractivity contribution in [2.75, 3.05) is 20.7 Å². The van der Waals surface area contributed by atoms with E-state index in [4.69, 9.17) is 9.47 Å². The van der Waals surface area contributed by atoms with E-state index in [2.05, 4.69) is 5.32 Å². The summed E-state index contributed by atoms with van der Waals surface area (Å²) in [7, 11) is 3.35. The van der Waals surface area contributed by atoms with Gasteiger partial charge in [0.2, 0.25) is 0 Å². The summed E-state index contributed by atoms with van der Waals surface area (Å²) in [5.41, 5.74) is 1.59. The molecule has 0 saturated heterocycles. The second-order valence-electron chi connectivity index (χ2n) is 6.98. The molecule has 0 aliphatic carbocycles. The van der Waals surface area contributed by atoms with Crippen LogP contribution in [0, 0.1) is 11.6 Å². The molecule has 0 radical (unpaired) electrons. The maximum atomic E-state index is 13.4. The minimum atomic E-state index is -0.863. The average molecular weight is 406 g/mol. The molecule has 0 bridgehead atoms. The number of carbonyl (C=O) groups is 1.